The highest BCUT2D eigenvalue weighted by Gasteiger charge is 2.21. The van der Waals surface area contributed by atoms with Crippen LogP contribution in [-0.2, 0) is 27.9 Å². The van der Waals surface area contributed by atoms with Crippen LogP contribution in [0.1, 0.15) is 5.56 Å². The van der Waals surface area contributed by atoms with Gasteiger partial charge in [0.2, 0.25) is 15.9 Å². The van der Waals surface area contributed by atoms with Crippen LogP contribution >= 0.6 is 0 Å². The van der Waals surface area contributed by atoms with E-state index in [4.69, 9.17) is 0 Å². The van der Waals surface area contributed by atoms with Crippen LogP contribution in [0.2, 0.25) is 0 Å². The highest BCUT2D eigenvalue weighted by Crippen LogP contribution is 2.28. The second-order valence-electron chi connectivity index (χ2n) is 7.71. The quantitative estimate of drug-likeness (QED) is 0.467. The fourth-order valence-electron chi connectivity index (χ4n) is 3.72. The summed E-state index contributed by atoms with van der Waals surface area (Å²) in [5, 5.41) is 3.95. The largest absolute Gasteiger partial charge is 0.350 e. The third-order valence-corrected chi connectivity index (χ3v) is 7.30. The Labute approximate surface area is 188 Å². The fourth-order valence-corrected chi connectivity index (χ4v) is 4.84. The molecule has 1 N–H and O–H groups in total. The molecule has 0 atom stereocenters. The van der Waals surface area contributed by atoms with E-state index in [1.54, 1.807) is 24.3 Å². The lowest BCUT2D eigenvalue weighted by atomic mass is 10.1. The van der Waals surface area contributed by atoms with Gasteiger partial charge in [0.25, 0.3) is 0 Å². The molecule has 0 bridgehead atoms. The maximum absolute atomic E-state index is 12.9. The predicted octanol–water partition coefficient (Wildman–Crippen LogP) is 3.88. The zero-order valence-corrected chi connectivity index (χ0v) is 18.8. The minimum atomic E-state index is -3.60. The van der Waals surface area contributed by atoms with E-state index in [0.717, 1.165) is 22.2 Å². The summed E-state index contributed by atoms with van der Waals surface area (Å²) in [4.78, 5) is 13.1. The molecule has 32 heavy (non-hydrogen) atoms. The molecule has 7 heteroatoms. The first-order chi connectivity index (χ1) is 15.4. The van der Waals surface area contributed by atoms with Crippen molar-refractivity contribution in [2.24, 2.45) is 0 Å². The lowest BCUT2D eigenvalue weighted by Crippen LogP contribution is -2.29. The van der Waals surface area contributed by atoms with Crippen molar-refractivity contribution in [3.63, 3.8) is 0 Å². The molecule has 6 nitrogen and oxygen atoms in total. The third-order valence-electron chi connectivity index (χ3n) is 5.39. The van der Waals surface area contributed by atoms with Gasteiger partial charge in [-0.3, -0.25) is 4.79 Å². The first kappa shape index (κ1) is 21.8. The Morgan fingerprint density at radius 3 is 2.31 bits per heavy atom. The molecule has 0 unspecified atom stereocenters. The molecule has 0 saturated heterocycles. The number of carbonyl (C=O) groups excluding carboxylic acids is 1. The molecule has 4 aromatic rings. The second kappa shape index (κ2) is 8.98. The number of amides is 1. The van der Waals surface area contributed by atoms with Gasteiger partial charge in [0.15, 0.2) is 0 Å². The third kappa shape index (κ3) is 4.30. The van der Waals surface area contributed by atoms with E-state index >= 15 is 0 Å². The number of carbonyl (C=O) groups is 1. The number of para-hydroxylation sites is 1. The number of hydrogen-bond donors (Lipinski definition) is 1. The van der Waals surface area contributed by atoms with Gasteiger partial charge in [0.1, 0.15) is 6.54 Å². The maximum Gasteiger partial charge on any atom is 0.242 e. The van der Waals surface area contributed by atoms with Crippen molar-refractivity contribution in [1.82, 2.24) is 14.2 Å². The highest BCUT2D eigenvalue weighted by atomic mass is 32.2. The summed E-state index contributed by atoms with van der Waals surface area (Å²) >= 11 is 0. The molecule has 164 valence electrons. The molecule has 0 spiro atoms. The van der Waals surface area contributed by atoms with Crippen LogP contribution in [0.5, 0.6) is 0 Å². The van der Waals surface area contributed by atoms with Crippen LogP contribution in [0.4, 0.5) is 0 Å². The molecule has 1 amide bonds. The van der Waals surface area contributed by atoms with Gasteiger partial charge in [0.05, 0.1) is 4.90 Å². The van der Waals surface area contributed by atoms with Gasteiger partial charge < -0.3 is 9.88 Å². The Morgan fingerprint density at radius 2 is 1.56 bits per heavy atom. The number of aromatic nitrogens is 1. The molecule has 3 aromatic carbocycles. The SMILES string of the molecule is CN(C)S(=O)(=O)c1ccccc1CNC(=O)Cn1c(-c2ccccc2)cc2ccccc21. The lowest BCUT2D eigenvalue weighted by molar-refractivity contribution is -0.121. The van der Waals surface area contributed by atoms with Crippen LogP contribution in [0.15, 0.2) is 89.8 Å². The smallest absolute Gasteiger partial charge is 0.242 e. The van der Waals surface area contributed by atoms with Crippen molar-refractivity contribution in [2.45, 2.75) is 18.0 Å². The summed E-state index contributed by atoms with van der Waals surface area (Å²) in [6.45, 7) is 0.252. The zero-order valence-electron chi connectivity index (χ0n) is 18.0. The first-order valence-electron chi connectivity index (χ1n) is 10.3. The van der Waals surface area contributed by atoms with E-state index in [1.807, 2.05) is 59.2 Å². The molecule has 0 aliphatic heterocycles. The van der Waals surface area contributed by atoms with Crippen molar-refractivity contribution in [2.75, 3.05) is 14.1 Å². The summed E-state index contributed by atoms with van der Waals surface area (Å²) in [5.41, 5.74) is 3.50. The molecule has 0 aliphatic rings. The topological polar surface area (TPSA) is 71.4 Å². The summed E-state index contributed by atoms with van der Waals surface area (Å²) in [6.07, 6.45) is 0. The minimum absolute atomic E-state index is 0.125. The fraction of sp³-hybridized carbons (Fsp3) is 0.160. The summed E-state index contributed by atoms with van der Waals surface area (Å²) in [6, 6.07) is 26.7. The Hall–Kier alpha value is -3.42. The molecule has 0 aliphatic carbocycles. The summed E-state index contributed by atoms with van der Waals surface area (Å²) < 4.78 is 28.4. The molecular weight excluding hydrogens is 422 g/mol. The number of sulfonamides is 1. The van der Waals surface area contributed by atoms with E-state index in [-0.39, 0.29) is 23.9 Å². The monoisotopic (exact) mass is 447 g/mol. The van der Waals surface area contributed by atoms with Crippen LogP contribution < -0.4 is 5.32 Å². The van der Waals surface area contributed by atoms with Crippen molar-refractivity contribution in [1.29, 1.82) is 0 Å². The second-order valence-corrected chi connectivity index (χ2v) is 9.83. The molecule has 0 radical (unpaired) electrons. The Balaban J connectivity index is 1.59. The van der Waals surface area contributed by atoms with Crippen LogP contribution in [0, 0.1) is 0 Å². The van der Waals surface area contributed by atoms with Crippen LogP contribution in [0.3, 0.4) is 0 Å². The maximum atomic E-state index is 12.9. The molecule has 1 aromatic heterocycles. The average Bonchev–Trinajstić information content (AvgIpc) is 3.16. The van der Waals surface area contributed by atoms with E-state index in [9.17, 15) is 13.2 Å². The molecular formula is C25H25N3O3S. The van der Waals surface area contributed by atoms with Crippen LogP contribution in [-0.4, -0.2) is 37.3 Å². The Morgan fingerprint density at radius 1 is 0.906 bits per heavy atom. The van der Waals surface area contributed by atoms with Crippen molar-refractivity contribution >= 4 is 26.8 Å². The van der Waals surface area contributed by atoms with Gasteiger partial charge in [-0.25, -0.2) is 12.7 Å². The predicted molar refractivity (Wildman–Crippen MR) is 127 cm³/mol. The molecule has 4 rings (SSSR count). The number of nitrogens with zero attached hydrogens (tertiary/aromatic N) is 2. The number of fused-ring (bicyclic) bond motifs is 1. The van der Waals surface area contributed by atoms with Gasteiger partial charge in [-0.2, -0.15) is 0 Å². The van der Waals surface area contributed by atoms with E-state index < -0.39 is 10.0 Å². The van der Waals surface area contributed by atoms with Gasteiger partial charge in [-0.1, -0.05) is 66.7 Å². The standard InChI is InChI=1S/C25H25N3O3S/c1-27(2)32(30,31)24-15-9-7-13-21(24)17-26-25(29)18-28-22-14-8-6-12-20(22)16-23(28)19-10-4-3-5-11-19/h3-16H,17-18H2,1-2H3,(H,26,29). The van der Waals surface area contributed by atoms with Crippen LogP contribution in [0.25, 0.3) is 22.2 Å². The van der Waals surface area contributed by atoms with Crippen molar-refractivity contribution in [3.05, 3.63) is 90.5 Å². The zero-order chi connectivity index (χ0) is 22.7. The van der Waals surface area contributed by atoms with E-state index in [0.29, 0.717) is 5.56 Å². The highest BCUT2D eigenvalue weighted by molar-refractivity contribution is 7.89. The van der Waals surface area contributed by atoms with E-state index in [1.165, 1.54) is 18.4 Å². The van der Waals surface area contributed by atoms with Crippen molar-refractivity contribution in [3.8, 4) is 11.3 Å². The van der Waals surface area contributed by atoms with Gasteiger partial charge >= 0.3 is 0 Å². The van der Waals surface area contributed by atoms with Gasteiger partial charge in [-0.15, -0.1) is 0 Å². The summed E-state index contributed by atoms with van der Waals surface area (Å²) in [5.74, 6) is -0.194. The Kier molecular flexibility index (Phi) is 6.12. The van der Waals surface area contributed by atoms with Gasteiger partial charge in [-0.05, 0) is 29.3 Å². The summed E-state index contributed by atoms with van der Waals surface area (Å²) in [7, 11) is -0.614. The number of rotatable bonds is 7. The normalized spacial score (nSPS) is 11.7. The van der Waals surface area contributed by atoms with Crippen molar-refractivity contribution < 1.29 is 13.2 Å². The Bertz CT molecular complexity index is 1360. The van der Waals surface area contributed by atoms with E-state index in [2.05, 4.69) is 11.4 Å². The average molecular weight is 448 g/mol. The number of hydrogen-bond acceptors (Lipinski definition) is 3. The lowest BCUT2D eigenvalue weighted by Gasteiger charge is -2.16. The molecule has 1 heterocycles. The molecule has 0 saturated carbocycles. The number of benzene rings is 3. The molecule has 0 fully saturated rings. The minimum Gasteiger partial charge on any atom is -0.350 e. The first-order valence-corrected chi connectivity index (χ1v) is 11.7. The number of nitrogens with one attached hydrogen (secondary N) is 1. The van der Waals surface area contributed by atoms with Gasteiger partial charge in [0, 0.05) is 37.2 Å².